The normalized spacial score (nSPS) is 24.8. The monoisotopic (exact) mass is 304 g/mol. The Hall–Kier alpha value is -0.620. The summed E-state index contributed by atoms with van der Waals surface area (Å²) in [5, 5.41) is 3.34. The van der Waals surface area contributed by atoms with Crippen LogP contribution in [0.15, 0.2) is 29.2 Å². The first-order chi connectivity index (χ1) is 8.39. The van der Waals surface area contributed by atoms with E-state index in [0.29, 0.717) is 18.0 Å². The molecule has 1 aliphatic rings. The largest absolute Gasteiger partial charge is 0.309 e. The molecule has 1 aromatic carbocycles. The molecule has 0 saturated carbocycles. The fraction of sp³-hybridized carbons (Fsp3) is 0.538. The third kappa shape index (κ3) is 3.69. The lowest BCUT2D eigenvalue weighted by atomic mass is 10.2. The highest BCUT2D eigenvalue weighted by Gasteiger charge is 2.31. The van der Waals surface area contributed by atoms with Crippen LogP contribution in [0.2, 0.25) is 0 Å². The van der Waals surface area contributed by atoms with Crippen LogP contribution in [0.25, 0.3) is 0 Å². The van der Waals surface area contributed by atoms with E-state index in [1.165, 1.54) is 0 Å². The average Bonchev–Trinajstić information content (AvgIpc) is 2.28. The fourth-order valence-corrected chi connectivity index (χ4v) is 3.95. The standard InChI is InChI=1S/C13H20N2O2S.ClH/c1-10-4-6-13(7-5-10)18(16,17)15-8-11(2)14-12(3)9-15;/h4-7,11-12,14H,8-9H2,1-3H3;1H. The zero-order chi connectivity index (χ0) is 13.3. The molecule has 2 unspecified atom stereocenters. The minimum atomic E-state index is -3.35. The van der Waals surface area contributed by atoms with Crippen LogP contribution in [0.3, 0.4) is 0 Å². The zero-order valence-electron chi connectivity index (χ0n) is 11.5. The first-order valence-corrected chi connectivity index (χ1v) is 7.66. The molecule has 1 aliphatic heterocycles. The van der Waals surface area contributed by atoms with Crippen LogP contribution in [-0.4, -0.2) is 37.9 Å². The van der Waals surface area contributed by atoms with E-state index in [1.807, 2.05) is 32.9 Å². The van der Waals surface area contributed by atoms with Crippen molar-refractivity contribution in [1.82, 2.24) is 9.62 Å². The van der Waals surface area contributed by atoms with Gasteiger partial charge >= 0.3 is 0 Å². The van der Waals surface area contributed by atoms with Gasteiger partial charge in [-0.05, 0) is 32.9 Å². The molecular weight excluding hydrogens is 284 g/mol. The molecule has 1 aromatic rings. The summed E-state index contributed by atoms with van der Waals surface area (Å²) in [5.41, 5.74) is 1.07. The van der Waals surface area contributed by atoms with E-state index >= 15 is 0 Å². The Morgan fingerprint density at radius 2 is 1.58 bits per heavy atom. The molecule has 108 valence electrons. The smallest absolute Gasteiger partial charge is 0.243 e. The second kappa shape index (κ2) is 6.22. The maximum absolute atomic E-state index is 12.5. The van der Waals surface area contributed by atoms with Crippen molar-refractivity contribution in [2.45, 2.75) is 37.8 Å². The fourth-order valence-electron chi connectivity index (χ4n) is 2.33. The van der Waals surface area contributed by atoms with Crippen LogP contribution in [-0.2, 0) is 10.0 Å². The number of sulfonamides is 1. The number of piperazine rings is 1. The summed E-state index contributed by atoms with van der Waals surface area (Å²) in [6, 6.07) is 7.41. The van der Waals surface area contributed by atoms with Crippen molar-refractivity contribution < 1.29 is 8.42 Å². The molecule has 0 aliphatic carbocycles. The molecule has 0 spiro atoms. The summed E-state index contributed by atoms with van der Waals surface area (Å²) >= 11 is 0. The SMILES string of the molecule is Cc1ccc(S(=O)(=O)N2CC(C)NC(C)C2)cc1.Cl. The molecule has 0 bridgehead atoms. The highest BCUT2D eigenvalue weighted by Crippen LogP contribution is 2.19. The molecule has 2 atom stereocenters. The Morgan fingerprint density at radius 3 is 2.05 bits per heavy atom. The predicted octanol–water partition coefficient (Wildman–Crippen LogP) is 1.79. The molecule has 1 N–H and O–H groups in total. The topological polar surface area (TPSA) is 49.4 Å². The lowest BCUT2D eigenvalue weighted by Gasteiger charge is -2.35. The summed E-state index contributed by atoms with van der Waals surface area (Å²) in [5.74, 6) is 0. The van der Waals surface area contributed by atoms with Crippen molar-refractivity contribution in [1.29, 1.82) is 0 Å². The van der Waals surface area contributed by atoms with Crippen molar-refractivity contribution >= 4 is 22.4 Å². The Bertz CT molecular complexity index is 506. The Kier molecular flexibility index (Phi) is 5.38. The maximum Gasteiger partial charge on any atom is 0.243 e. The molecular formula is C13H21ClN2O2S. The number of benzene rings is 1. The van der Waals surface area contributed by atoms with Gasteiger partial charge in [-0.2, -0.15) is 4.31 Å². The lowest BCUT2D eigenvalue weighted by Crippen LogP contribution is -2.55. The number of rotatable bonds is 2. The summed E-state index contributed by atoms with van der Waals surface area (Å²) < 4.78 is 26.5. The number of aryl methyl sites for hydroxylation is 1. The van der Waals surface area contributed by atoms with Crippen LogP contribution < -0.4 is 5.32 Å². The van der Waals surface area contributed by atoms with Crippen LogP contribution in [0.1, 0.15) is 19.4 Å². The van der Waals surface area contributed by atoms with E-state index in [2.05, 4.69) is 5.32 Å². The molecule has 0 radical (unpaired) electrons. The van der Waals surface area contributed by atoms with E-state index in [1.54, 1.807) is 16.4 Å². The van der Waals surface area contributed by atoms with Crippen molar-refractivity contribution in [2.24, 2.45) is 0 Å². The van der Waals surface area contributed by atoms with Gasteiger partial charge in [-0.3, -0.25) is 0 Å². The first-order valence-electron chi connectivity index (χ1n) is 6.22. The van der Waals surface area contributed by atoms with Gasteiger partial charge in [0.15, 0.2) is 0 Å². The van der Waals surface area contributed by atoms with Gasteiger partial charge in [0, 0.05) is 25.2 Å². The van der Waals surface area contributed by atoms with E-state index in [4.69, 9.17) is 0 Å². The quantitative estimate of drug-likeness (QED) is 0.906. The van der Waals surface area contributed by atoms with Gasteiger partial charge < -0.3 is 5.32 Å². The maximum atomic E-state index is 12.5. The molecule has 1 fully saturated rings. The van der Waals surface area contributed by atoms with Crippen molar-refractivity contribution in [3.8, 4) is 0 Å². The van der Waals surface area contributed by atoms with E-state index in [-0.39, 0.29) is 24.5 Å². The van der Waals surface area contributed by atoms with Crippen LogP contribution in [0, 0.1) is 6.92 Å². The van der Waals surface area contributed by atoms with E-state index in [0.717, 1.165) is 5.56 Å². The zero-order valence-corrected chi connectivity index (χ0v) is 13.1. The van der Waals surface area contributed by atoms with Gasteiger partial charge in [0.05, 0.1) is 4.90 Å². The third-order valence-electron chi connectivity index (χ3n) is 3.18. The second-order valence-corrected chi connectivity index (χ2v) is 7.04. The molecule has 6 heteroatoms. The summed E-state index contributed by atoms with van der Waals surface area (Å²) in [4.78, 5) is 0.384. The summed E-state index contributed by atoms with van der Waals surface area (Å²) in [6.45, 7) is 7.02. The second-order valence-electron chi connectivity index (χ2n) is 5.10. The number of hydrogen-bond donors (Lipinski definition) is 1. The number of nitrogens with one attached hydrogen (secondary N) is 1. The lowest BCUT2D eigenvalue weighted by molar-refractivity contribution is 0.263. The van der Waals surface area contributed by atoms with Gasteiger partial charge in [-0.25, -0.2) is 8.42 Å². The van der Waals surface area contributed by atoms with Crippen molar-refractivity contribution in [2.75, 3.05) is 13.1 Å². The van der Waals surface area contributed by atoms with Gasteiger partial charge in [0.1, 0.15) is 0 Å². The number of hydrogen-bond acceptors (Lipinski definition) is 3. The van der Waals surface area contributed by atoms with Crippen molar-refractivity contribution in [3.63, 3.8) is 0 Å². The Labute approximate surface area is 121 Å². The molecule has 2 rings (SSSR count). The summed E-state index contributed by atoms with van der Waals surface area (Å²) in [6.07, 6.45) is 0. The first kappa shape index (κ1) is 16.4. The Balaban J connectivity index is 0.00000180. The highest BCUT2D eigenvalue weighted by molar-refractivity contribution is 7.89. The molecule has 1 saturated heterocycles. The molecule has 4 nitrogen and oxygen atoms in total. The van der Waals surface area contributed by atoms with E-state index < -0.39 is 10.0 Å². The molecule has 0 amide bonds. The Morgan fingerprint density at radius 1 is 1.11 bits per heavy atom. The van der Waals surface area contributed by atoms with Gasteiger partial charge in [-0.15, -0.1) is 12.4 Å². The minimum Gasteiger partial charge on any atom is -0.309 e. The van der Waals surface area contributed by atoms with Crippen molar-refractivity contribution in [3.05, 3.63) is 29.8 Å². The van der Waals surface area contributed by atoms with Gasteiger partial charge in [-0.1, -0.05) is 17.7 Å². The predicted molar refractivity (Wildman–Crippen MR) is 79.2 cm³/mol. The molecule has 1 heterocycles. The number of nitrogens with zero attached hydrogens (tertiary/aromatic N) is 1. The van der Waals surface area contributed by atoms with Crippen LogP contribution >= 0.6 is 12.4 Å². The van der Waals surface area contributed by atoms with Gasteiger partial charge in [0.2, 0.25) is 10.0 Å². The number of halogens is 1. The van der Waals surface area contributed by atoms with Crippen LogP contribution in [0.4, 0.5) is 0 Å². The highest BCUT2D eigenvalue weighted by atomic mass is 35.5. The van der Waals surface area contributed by atoms with Gasteiger partial charge in [0.25, 0.3) is 0 Å². The van der Waals surface area contributed by atoms with Crippen LogP contribution in [0.5, 0.6) is 0 Å². The molecule has 0 aromatic heterocycles. The molecule has 19 heavy (non-hydrogen) atoms. The average molecular weight is 305 g/mol. The summed E-state index contributed by atoms with van der Waals surface area (Å²) in [7, 11) is -3.35. The third-order valence-corrected chi connectivity index (χ3v) is 5.03. The minimum absolute atomic E-state index is 0. The van der Waals surface area contributed by atoms with E-state index in [9.17, 15) is 8.42 Å².